The number of aromatic nitrogens is 6. The van der Waals surface area contributed by atoms with Crippen LogP contribution in [0.25, 0.3) is 22.4 Å². The van der Waals surface area contributed by atoms with Gasteiger partial charge in [0.2, 0.25) is 0 Å². The Morgan fingerprint density at radius 1 is 1.07 bits per heavy atom. The third-order valence-corrected chi connectivity index (χ3v) is 5.49. The highest BCUT2D eigenvalue weighted by Crippen LogP contribution is 2.32. The number of halogens is 2. The van der Waals surface area contributed by atoms with E-state index in [1.807, 2.05) is 17.8 Å². The zero-order valence-electron chi connectivity index (χ0n) is 15.8. The fourth-order valence-electron chi connectivity index (χ4n) is 4.00. The summed E-state index contributed by atoms with van der Waals surface area (Å²) < 4.78 is 28.8. The van der Waals surface area contributed by atoms with Crippen LogP contribution in [0.3, 0.4) is 0 Å². The van der Waals surface area contributed by atoms with Crippen molar-refractivity contribution in [2.45, 2.75) is 18.8 Å². The van der Waals surface area contributed by atoms with Crippen LogP contribution in [0.2, 0.25) is 0 Å². The van der Waals surface area contributed by atoms with Crippen molar-refractivity contribution in [2.75, 3.05) is 18.0 Å². The molecule has 1 fully saturated rings. The van der Waals surface area contributed by atoms with E-state index in [4.69, 9.17) is 4.98 Å². The monoisotopic (exact) mass is 395 g/mol. The molecule has 0 spiro atoms. The Morgan fingerprint density at radius 3 is 2.69 bits per heavy atom. The summed E-state index contributed by atoms with van der Waals surface area (Å²) >= 11 is 0. The van der Waals surface area contributed by atoms with Gasteiger partial charge in [-0.2, -0.15) is 0 Å². The average Bonchev–Trinajstić information content (AvgIpc) is 3.37. The first-order chi connectivity index (χ1) is 14.1. The number of hydrogen-bond acceptors (Lipinski definition) is 5. The molecule has 0 aliphatic carbocycles. The highest BCUT2D eigenvalue weighted by Gasteiger charge is 2.26. The summed E-state index contributed by atoms with van der Waals surface area (Å²) in [6.07, 6.45) is 6.87. The summed E-state index contributed by atoms with van der Waals surface area (Å²) in [4.78, 5) is 22.9. The minimum absolute atomic E-state index is 0.286. The van der Waals surface area contributed by atoms with Crippen molar-refractivity contribution in [1.29, 1.82) is 0 Å². The molecule has 0 atom stereocenters. The predicted octanol–water partition coefficient (Wildman–Crippen LogP) is 3.42. The summed E-state index contributed by atoms with van der Waals surface area (Å²) in [7, 11) is 1.94. The molecule has 0 radical (unpaired) electrons. The fraction of sp³-hybridized carbons (Fsp3) is 0.300. The van der Waals surface area contributed by atoms with Crippen molar-refractivity contribution in [3.05, 3.63) is 54.5 Å². The zero-order chi connectivity index (χ0) is 20.0. The molecule has 1 N–H and O–H groups in total. The van der Waals surface area contributed by atoms with Crippen molar-refractivity contribution in [1.82, 2.24) is 29.5 Å². The van der Waals surface area contributed by atoms with Gasteiger partial charge in [0.05, 0.1) is 12.0 Å². The SMILES string of the molecule is Cn1cc(-c2ccc(F)c(F)c2)nc1C1CCN(c2ncnc3nc[nH]c23)CC1. The maximum atomic E-state index is 13.6. The molecule has 4 heterocycles. The molecule has 1 saturated heterocycles. The van der Waals surface area contributed by atoms with Crippen LogP contribution in [0.1, 0.15) is 24.6 Å². The first kappa shape index (κ1) is 17.7. The molecule has 0 amide bonds. The molecule has 4 aromatic rings. The summed E-state index contributed by atoms with van der Waals surface area (Å²) in [6, 6.07) is 3.88. The number of aryl methyl sites for hydroxylation is 1. The molecular formula is C20H19F2N7. The Hall–Kier alpha value is -3.36. The molecule has 1 aliphatic heterocycles. The second-order valence-corrected chi connectivity index (χ2v) is 7.28. The van der Waals surface area contributed by atoms with Gasteiger partial charge in [-0.25, -0.2) is 28.7 Å². The van der Waals surface area contributed by atoms with Crippen LogP contribution in [-0.2, 0) is 7.05 Å². The normalized spacial score (nSPS) is 15.3. The summed E-state index contributed by atoms with van der Waals surface area (Å²) in [5, 5.41) is 0. The Kier molecular flexibility index (Phi) is 4.22. The number of nitrogens with zero attached hydrogens (tertiary/aromatic N) is 6. The molecule has 1 aliphatic rings. The number of aromatic amines is 1. The van der Waals surface area contributed by atoms with Crippen molar-refractivity contribution in [3.63, 3.8) is 0 Å². The molecule has 3 aromatic heterocycles. The minimum Gasteiger partial charge on any atom is -0.355 e. The quantitative estimate of drug-likeness (QED) is 0.575. The first-order valence-electron chi connectivity index (χ1n) is 9.48. The van der Waals surface area contributed by atoms with E-state index in [-0.39, 0.29) is 5.92 Å². The van der Waals surface area contributed by atoms with Crippen LogP contribution in [0.15, 0.2) is 37.1 Å². The second-order valence-electron chi connectivity index (χ2n) is 7.28. The number of anilines is 1. The van der Waals surface area contributed by atoms with Crippen LogP contribution in [-0.4, -0.2) is 42.6 Å². The summed E-state index contributed by atoms with van der Waals surface area (Å²) in [5.41, 5.74) is 2.74. The third kappa shape index (κ3) is 3.12. The average molecular weight is 395 g/mol. The highest BCUT2D eigenvalue weighted by atomic mass is 19.2. The lowest BCUT2D eigenvalue weighted by molar-refractivity contribution is 0.474. The first-order valence-corrected chi connectivity index (χ1v) is 9.48. The maximum absolute atomic E-state index is 13.6. The van der Waals surface area contributed by atoms with Crippen LogP contribution >= 0.6 is 0 Å². The van der Waals surface area contributed by atoms with Crippen LogP contribution in [0, 0.1) is 11.6 Å². The smallest absolute Gasteiger partial charge is 0.182 e. The Labute approximate surface area is 165 Å². The van der Waals surface area contributed by atoms with Gasteiger partial charge in [-0.05, 0) is 31.0 Å². The van der Waals surface area contributed by atoms with Crippen molar-refractivity contribution < 1.29 is 8.78 Å². The van der Waals surface area contributed by atoms with Crippen LogP contribution in [0.5, 0.6) is 0 Å². The summed E-state index contributed by atoms with van der Waals surface area (Å²) in [5.74, 6) is 0.396. The zero-order valence-corrected chi connectivity index (χ0v) is 15.8. The van der Waals surface area contributed by atoms with Gasteiger partial charge in [0.1, 0.15) is 17.7 Å². The van der Waals surface area contributed by atoms with Gasteiger partial charge in [-0.1, -0.05) is 0 Å². The Balaban J connectivity index is 1.35. The number of rotatable bonds is 3. The van der Waals surface area contributed by atoms with Crippen LogP contribution in [0.4, 0.5) is 14.6 Å². The van der Waals surface area contributed by atoms with Crippen molar-refractivity contribution in [3.8, 4) is 11.3 Å². The number of fused-ring (bicyclic) bond motifs is 1. The van der Waals surface area contributed by atoms with Crippen molar-refractivity contribution >= 4 is 17.0 Å². The number of hydrogen-bond donors (Lipinski definition) is 1. The van der Waals surface area contributed by atoms with Gasteiger partial charge in [0.15, 0.2) is 23.1 Å². The number of benzene rings is 1. The maximum Gasteiger partial charge on any atom is 0.182 e. The van der Waals surface area contributed by atoms with E-state index >= 15 is 0 Å². The highest BCUT2D eigenvalue weighted by molar-refractivity contribution is 5.82. The molecule has 0 saturated carbocycles. The number of piperidine rings is 1. The molecule has 148 valence electrons. The molecule has 7 nitrogen and oxygen atoms in total. The van der Waals surface area contributed by atoms with E-state index in [0.717, 1.165) is 49.2 Å². The topological polar surface area (TPSA) is 75.5 Å². The number of nitrogens with one attached hydrogen (secondary N) is 1. The largest absolute Gasteiger partial charge is 0.355 e. The molecule has 9 heteroatoms. The Morgan fingerprint density at radius 2 is 1.90 bits per heavy atom. The van der Waals surface area contributed by atoms with Gasteiger partial charge in [0, 0.05) is 37.8 Å². The van der Waals surface area contributed by atoms with E-state index in [9.17, 15) is 8.78 Å². The van der Waals surface area contributed by atoms with Crippen molar-refractivity contribution in [2.24, 2.45) is 7.05 Å². The van der Waals surface area contributed by atoms with E-state index in [2.05, 4.69) is 24.8 Å². The molecule has 5 rings (SSSR count). The van der Waals surface area contributed by atoms with E-state index < -0.39 is 11.6 Å². The van der Waals surface area contributed by atoms with Gasteiger partial charge in [-0.3, -0.25) is 0 Å². The van der Waals surface area contributed by atoms with Crippen LogP contribution < -0.4 is 4.90 Å². The van der Waals surface area contributed by atoms with E-state index in [0.29, 0.717) is 16.9 Å². The number of imidazole rings is 2. The molecule has 1 aromatic carbocycles. The molecule has 0 bridgehead atoms. The number of H-pyrrole nitrogens is 1. The predicted molar refractivity (Wildman–Crippen MR) is 104 cm³/mol. The molecule has 0 unspecified atom stereocenters. The molecular weight excluding hydrogens is 376 g/mol. The Bertz CT molecular complexity index is 1170. The van der Waals surface area contributed by atoms with Gasteiger partial charge in [0.25, 0.3) is 0 Å². The standard InChI is InChI=1S/C20H19F2N7/c1-28-9-16(13-2-3-14(21)15(22)8-13)27-19(28)12-4-6-29(7-5-12)20-17-18(24-10-23-17)25-11-26-20/h2-3,8-12H,4-7H2,1H3,(H,23,24,25,26). The van der Waals surface area contributed by atoms with E-state index in [1.54, 1.807) is 12.4 Å². The minimum atomic E-state index is -0.863. The van der Waals surface area contributed by atoms with E-state index in [1.165, 1.54) is 12.4 Å². The van der Waals surface area contributed by atoms with Gasteiger partial charge in [-0.15, -0.1) is 0 Å². The third-order valence-electron chi connectivity index (χ3n) is 5.49. The molecule has 29 heavy (non-hydrogen) atoms. The fourth-order valence-corrected chi connectivity index (χ4v) is 4.00. The summed E-state index contributed by atoms with van der Waals surface area (Å²) in [6.45, 7) is 1.67. The van der Waals surface area contributed by atoms with Gasteiger partial charge >= 0.3 is 0 Å². The lowest BCUT2D eigenvalue weighted by Crippen LogP contribution is -2.34. The van der Waals surface area contributed by atoms with Gasteiger partial charge < -0.3 is 14.5 Å². The lowest BCUT2D eigenvalue weighted by atomic mass is 9.96. The lowest BCUT2D eigenvalue weighted by Gasteiger charge is -2.32. The second kappa shape index (κ2) is 6.91.